The molecule has 3 heteroatoms. The maximum Gasteiger partial charge on any atom is 0.134 e. The third-order valence-corrected chi connectivity index (χ3v) is 2.23. The van der Waals surface area contributed by atoms with Crippen LogP contribution in [0.1, 0.15) is 31.2 Å². The number of aromatic amines is 1. The van der Waals surface area contributed by atoms with Gasteiger partial charge in [-0.2, -0.15) is 0 Å². The number of aromatic nitrogens is 3. The van der Waals surface area contributed by atoms with Crippen molar-refractivity contribution in [2.75, 3.05) is 0 Å². The molecule has 0 radical (unpaired) electrons. The van der Waals surface area contributed by atoms with E-state index in [9.17, 15) is 0 Å². The fourth-order valence-electron chi connectivity index (χ4n) is 1.58. The Morgan fingerprint density at radius 3 is 2.83 bits per heavy atom. The zero-order valence-corrected chi connectivity index (χ0v) is 7.63. The second-order valence-electron chi connectivity index (χ2n) is 3.43. The predicted molar refractivity (Wildman–Crippen MR) is 48.4 cm³/mol. The van der Waals surface area contributed by atoms with Crippen LogP contribution >= 0.6 is 0 Å². The lowest BCUT2D eigenvalue weighted by Gasteiger charge is -2.01. The lowest BCUT2D eigenvalue weighted by molar-refractivity contribution is 0.819. The van der Waals surface area contributed by atoms with E-state index in [2.05, 4.69) is 35.1 Å². The van der Waals surface area contributed by atoms with E-state index >= 15 is 0 Å². The average Bonchev–Trinajstić information content (AvgIpc) is 2.53. The van der Waals surface area contributed by atoms with Crippen molar-refractivity contribution in [3.63, 3.8) is 0 Å². The zero-order chi connectivity index (χ0) is 8.72. The Morgan fingerprint density at radius 1 is 1.50 bits per heavy atom. The fourth-order valence-corrected chi connectivity index (χ4v) is 1.58. The molecule has 0 bridgehead atoms. The molecular weight excluding hydrogens is 150 g/mol. The van der Waals surface area contributed by atoms with Gasteiger partial charge in [0, 0.05) is 11.4 Å². The molecule has 0 aliphatic heterocycles. The number of aryl methyl sites for hydroxylation is 1. The van der Waals surface area contributed by atoms with Gasteiger partial charge in [0.15, 0.2) is 0 Å². The van der Waals surface area contributed by atoms with Crippen LogP contribution in [0.15, 0.2) is 12.5 Å². The van der Waals surface area contributed by atoms with Gasteiger partial charge in [-0.05, 0) is 12.8 Å². The van der Waals surface area contributed by atoms with Gasteiger partial charge < -0.3 is 4.98 Å². The third-order valence-electron chi connectivity index (χ3n) is 2.23. The maximum absolute atomic E-state index is 4.05. The van der Waals surface area contributed by atoms with Gasteiger partial charge in [0.25, 0.3) is 0 Å². The SMILES string of the molecule is Cc1c(C(C)C)[nH]c2cncn12. The van der Waals surface area contributed by atoms with Crippen LogP contribution in [0.25, 0.3) is 5.65 Å². The summed E-state index contributed by atoms with van der Waals surface area (Å²) in [5.74, 6) is 0.546. The van der Waals surface area contributed by atoms with Crippen molar-refractivity contribution in [1.29, 1.82) is 0 Å². The molecule has 0 spiro atoms. The molecule has 0 amide bonds. The van der Waals surface area contributed by atoms with Crippen molar-refractivity contribution in [3.8, 4) is 0 Å². The molecule has 12 heavy (non-hydrogen) atoms. The molecule has 2 heterocycles. The summed E-state index contributed by atoms with van der Waals surface area (Å²) in [6, 6.07) is 0. The van der Waals surface area contributed by atoms with E-state index in [0.29, 0.717) is 5.92 Å². The first-order valence-corrected chi connectivity index (χ1v) is 4.20. The van der Waals surface area contributed by atoms with Gasteiger partial charge in [-0.3, -0.25) is 4.40 Å². The van der Waals surface area contributed by atoms with E-state index in [1.807, 2.05) is 12.5 Å². The molecule has 3 nitrogen and oxygen atoms in total. The van der Waals surface area contributed by atoms with Gasteiger partial charge in [-0.1, -0.05) is 13.8 Å². The Labute approximate surface area is 71.4 Å². The van der Waals surface area contributed by atoms with Crippen LogP contribution in [-0.2, 0) is 0 Å². The molecule has 2 aromatic heterocycles. The molecule has 0 saturated heterocycles. The zero-order valence-electron chi connectivity index (χ0n) is 7.63. The number of hydrogen-bond acceptors (Lipinski definition) is 1. The molecule has 1 N–H and O–H groups in total. The van der Waals surface area contributed by atoms with Crippen LogP contribution in [0, 0.1) is 6.92 Å². The molecule has 2 aromatic rings. The van der Waals surface area contributed by atoms with Gasteiger partial charge >= 0.3 is 0 Å². The van der Waals surface area contributed by atoms with Gasteiger partial charge in [0.2, 0.25) is 0 Å². The highest BCUT2D eigenvalue weighted by Gasteiger charge is 2.09. The minimum Gasteiger partial charge on any atom is -0.342 e. The molecule has 0 atom stereocenters. The summed E-state index contributed by atoms with van der Waals surface area (Å²) in [6.45, 7) is 6.48. The Balaban J connectivity index is 2.70. The van der Waals surface area contributed by atoms with Crippen LogP contribution < -0.4 is 0 Å². The highest BCUT2D eigenvalue weighted by molar-refractivity contribution is 5.41. The van der Waals surface area contributed by atoms with Crippen molar-refractivity contribution >= 4 is 5.65 Å². The average molecular weight is 163 g/mol. The Bertz CT molecular complexity index is 395. The smallest absolute Gasteiger partial charge is 0.134 e. The highest BCUT2D eigenvalue weighted by Crippen LogP contribution is 2.18. The molecule has 0 saturated carbocycles. The van der Waals surface area contributed by atoms with E-state index in [1.165, 1.54) is 11.4 Å². The number of nitrogens with one attached hydrogen (secondary N) is 1. The minimum absolute atomic E-state index is 0.546. The summed E-state index contributed by atoms with van der Waals surface area (Å²) in [4.78, 5) is 7.40. The summed E-state index contributed by atoms with van der Waals surface area (Å²) in [7, 11) is 0. The van der Waals surface area contributed by atoms with E-state index in [4.69, 9.17) is 0 Å². The van der Waals surface area contributed by atoms with Crippen molar-refractivity contribution in [1.82, 2.24) is 14.4 Å². The summed E-state index contributed by atoms with van der Waals surface area (Å²) >= 11 is 0. The number of rotatable bonds is 1. The summed E-state index contributed by atoms with van der Waals surface area (Å²) in [5, 5.41) is 0. The standard InChI is InChI=1S/C9H13N3/c1-6(2)9-7(3)12-5-10-4-8(12)11-9/h4-6,11H,1-3H3. The first-order chi connectivity index (χ1) is 5.70. The quantitative estimate of drug-likeness (QED) is 0.686. The van der Waals surface area contributed by atoms with Crippen molar-refractivity contribution in [3.05, 3.63) is 23.9 Å². The van der Waals surface area contributed by atoms with Crippen LogP contribution in [0.3, 0.4) is 0 Å². The Hall–Kier alpha value is -1.25. The first kappa shape index (κ1) is 7.40. The Kier molecular flexibility index (Phi) is 1.46. The monoisotopic (exact) mass is 163 g/mol. The van der Waals surface area contributed by atoms with Crippen molar-refractivity contribution in [2.45, 2.75) is 26.7 Å². The lowest BCUT2D eigenvalue weighted by Crippen LogP contribution is -1.91. The molecule has 0 fully saturated rings. The van der Waals surface area contributed by atoms with Gasteiger partial charge in [-0.25, -0.2) is 4.98 Å². The maximum atomic E-state index is 4.05. The molecule has 0 aliphatic rings. The lowest BCUT2D eigenvalue weighted by atomic mass is 10.1. The normalized spacial score (nSPS) is 11.7. The van der Waals surface area contributed by atoms with E-state index < -0.39 is 0 Å². The fraction of sp³-hybridized carbons (Fsp3) is 0.444. The number of fused-ring (bicyclic) bond motifs is 1. The van der Waals surface area contributed by atoms with Gasteiger partial charge in [0.05, 0.1) is 6.20 Å². The molecule has 0 unspecified atom stereocenters. The molecule has 0 aliphatic carbocycles. The second-order valence-corrected chi connectivity index (χ2v) is 3.43. The molecule has 2 rings (SSSR count). The number of nitrogens with zero attached hydrogens (tertiary/aromatic N) is 2. The minimum atomic E-state index is 0.546. The number of H-pyrrole nitrogens is 1. The number of imidazole rings is 2. The molecule has 64 valence electrons. The van der Waals surface area contributed by atoms with E-state index in [0.717, 1.165) is 5.65 Å². The molecular formula is C9H13N3. The second kappa shape index (κ2) is 2.37. The first-order valence-electron chi connectivity index (χ1n) is 4.20. The van der Waals surface area contributed by atoms with Crippen molar-refractivity contribution in [2.24, 2.45) is 0 Å². The van der Waals surface area contributed by atoms with Crippen molar-refractivity contribution < 1.29 is 0 Å². The van der Waals surface area contributed by atoms with Gasteiger partial charge in [0.1, 0.15) is 12.0 Å². The summed E-state index contributed by atoms with van der Waals surface area (Å²) in [6.07, 6.45) is 3.69. The summed E-state index contributed by atoms with van der Waals surface area (Å²) < 4.78 is 2.08. The van der Waals surface area contributed by atoms with Crippen LogP contribution in [0.5, 0.6) is 0 Å². The van der Waals surface area contributed by atoms with Crippen LogP contribution in [0.4, 0.5) is 0 Å². The Morgan fingerprint density at radius 2 is 2.25 bits per heavy atom. The van der Waals surface area contributed by atoms with E-state index in [-0.39, 0.29) is 0 Å². The van der Waals surface area contributed by atoms with Gasteiger partial charge in [-0.15, -0.1) is 0 Å². The topological polar surface area (TPSA) is 33.1 Å². The van der Waals surface area contributed by atoms with E-state index in [1.54, 1.807) is 0 Å². The highest BCUT2D eigenvalue weighted by atomic mass is 15.1. The predicted octanol–water partition coefficient (Wildman–Crippen LogP) is 2.09. The number of hydrogen-bond donors (Lipinski definition) is 1. The molecule has 0 aromatic carbocycles. The largest absolute Gasteiger partial charge is 0.342 e. The van der Waals surface area contributed by atoms with Crippen LogP contribution in [-0.4, -0.2) is 14.4 Å². The van der Waals surface area contributed by atoms with Crippen LogP contribution in [0.2, 0.25) is 0 Å². The summed E-state index contributed by atoms with van der Waals surface area (Å²) in [5.41, 5.74) is 3.64. The third kappa shape index (κ3) is 0.858.